The van der Waals surface area contributed by atoms with Crippen molar-refractivity contribution in [3.8, 4) is 0 Å². The topological polar surface area (TPSA) is 29.1 Å². The predicted octanol–water partition coefficient (Wildman–Crippen LogP) is 3.87. The van der Waals surface area contributed by atoms with Crippen LogP contribution in [0, 0.1) is 11.7 Å². The first-order valence-corrected chi connectivity index (χ1v) is 6.93. The normalized spacial score (nSPS) is 12.8. The Labute approximate surface area is 115 Å². The third-order valence-electron chi connectivity index (χ3n) is 2.98. The van der Waals surface area contributed by atoms with Gasteiger partial charge in [0, 0.05) is 12.5 Å². The number of benzene rings is 1. The summed E-state index contributed by atoms with van der Waals surface area (Å²) < 4.78 is 13.0. The number of amides is 1. The average Bonchev–Trinajstić information content (AvgIpc) is 2.27. The van der Waals surface area contributed by atoms with Crippen LogP contribution in [0.4, 0.5) is 4.39 Å². The van der Waals surface area contributed by atoms with Crippen LogP contribution in [0.2, 0.25) is 0 Å². The van der Waals surface area contributed by atoms with Crippen LogP contribution in [-0.4, -0.2) is 11.9 Å². The van der Waals surface area contributed by atoms with Crippen LogP contribution >= 0.6 is 0 Å². The van der Waals surface area contributed by atoms with Crippen LogP contribution in [0.3, 0.4) is 0 Å². The number of halogens is 1. The van der Waals surface area contributed by atoms with Crippen molar-refractivity contribution < 1.29 is 9.18 Å². The molecule has 1 unspecified atom stereocenters. The molecule has 1 amide bonds. The van der Waals surface area contributed by atoms with Crippen molar-refractivity contribution >= 4 is 5.91 Å². The molecule has 0 aliphatic rings. The van der Waals surface area contributed by atoms with Gasteiger partial charge in [0.15, 0.2) is 0 Å². The Hall–Kier alpha value is -1.38. The summed E-state index contributed by atoms with van der Waals surface area (Å²) in [6, 6.07) is 6.64. The molecule has 1 atom stereocenters. The van der Waals surface area contributed by atoms with Crippen LogP contribution in [0.15, 0.2) is 24.3 Å². The van der Waals surface area contributed by atoms with Gasteiger partial charge in [-0.2, -0.15) is 0 Å². The zero-order chi connectivity index (χ0) is 14.4. The molecule has 19 heavy (non-hydrogen) atoms. The largest absolute Gasteiger partial charge is 0.354 e. The maximum absolute atomic E-state index is 13.0. The van der Waals surface area contributed by atoms with E-state index in [1.165, 1.54) is 12.1 Å². The van der Waals surface area contributed by atoms with Crippen molar-refractivity contribution in [2.24, 2.45) is 5.92 Å². The summed E-state index contributed by atoms with van der Waals surface area (Å²) in [6.45, 7) is 8.17. The quantitative estimate of drug-likeness (QED) is 0.831. The first kappa shape index (κ1) is 15.7. The SMILES string of the molecule is CC(C)CC(CC(=O)NC(C)C)c1ccc(F)cc1. The van der Waals surface area contributed by atoms with Crippen LogP contribution in [0.1, 0.15) is 52.0 Å². The minimum absolute atomic E-state index is 0.0602. The monoisotopic (exact) mass is 265 g/mol. The summed E-state index contributed by atoms with van der Waals surface area (Å²) in [4.78, 5) is 11.9. The number of hydrogen-bond donors (Lipinski definition) is 1. The van der Waals surface area contributed by atoms with Crippen molar-refractivity contribution in [2.45, 2.75) is 52.5 Å². The van der Waals surface area contributed by atoms with Crippen molar-refractivity contribution in [1.82, 2.24) is 5.32 Å². The van der Waals surface area contributed by atoms with E-state index in [1.807, 2.05) is 13.8 Å². The van der Waals surface area contributed by atoms with E-state index in [-0.39, 0.29) is 23.7 Å². The van der Waals surface area contributed by atoms with Gasteiger partial charge in [0.05, 0.1) is 0 Å². The van der Waals surface area contributed by atoms with Gasteiger partial charge in [0.2, 0.25) is 5.91 Å². The molecule has 0 aliphatic carbocycles. The lowest BCUT2D eigenvalue weighted by Gasteiger charge is -2.20. The Balaban J connectivity index is 2.77. The van der Waals surface area contributed by atoms with E-state index >= 15 is 0 Å². The van der Waals surface area contributed by atoms with Gasteiger partial charge in [-0.1, -0.05) is 26.0 Å². The molecule has 1 N–H and O–H groups in total. The van der Waals surface area contributed by atoms with Gasteiger partial charge in [0.1, 0.15) is 5.82 Å². The number of hydrogen-bond acceptors (Lipinski definition) is 1. The molecule has 1 aromatic carbocycles. The molecule has 106 valence electrons. The van der Waals surface area contributed by atoms with E-state index in [0.29, 0.717) is 12.3 Å². The molecule has 0 aromatic heterocycles. The van der Waals surface area contributed by atoms with Gasteiger partial charge in [-0.15, -0.1) is 0 Å². The fourth-order valence-electron chi connectivity index (χ4n) is 2.25. The second kappa shape index (κ2) is 7.27. The molecular weight excluding hydrogens is 241 g/mol. The van der Waals surface area contributed by atoms with Gasteiger partial charge in [-0.3, -0.25) is 4.79 Å². The molecule has 0 fully saturated rings. The fraction of sp³-hybridized carbons (Fsp3) is 0.562. The third-order valence-corrected chi connectivity index (χ3v) is 2.98. The van der Waals surface area contributed by atoms with E-state index in [0.717, 1.165) is 12.0 Å². The summed E-state index contributed by atoms with van der Waals surface area (Å²) in [5.74, 6) is 0.477. The maximum Gasteiger partial charge on any atom is 0.220 e. The highest BCUT2D eigenvalue weighted by atomic mass is 19.1. The third kappa shape index (κ3) is 5.86. The van der Waals surface area contributed by atoms with E-state index in [2.05, 4.69) is 19.2 Å². The lowest BCUT2D eigenvalue weighted by atomic mass is 9.87. The average molecular weight is 265 g/mol. The molecule has 0 radical (unpaired) electrons. The van der Waals surface area contributed by atoms with E-state index in [1.54, 1.807) is 12.1 Å². The highest BCUT2D eigenvalue weighted by Gasteiger charge is 2.18. The van der Waals surface area contributed by atoms with Gasteiger partial charge < -0.3 is 5.32 Å². The van der Waals surface area contributed by atoms with Gasteiger partial charge in [-0.25, -0.2) is 4.39 Å². The lowest BCUT2D eigenvalue weighted by Crippen LogP contribution is -2.31. The molecule has 0 spiro atoms. The summed E-state index contributed by atoms with van der Waals surface area (Å²) in [6.07, 6.45) is 1.39. The molecular formula is C16H24FNO. The fourth-order valence-corrected chi connectivity index (χ4v) is 2.25. The first-order valence-electron chi connectivity index (χ1n) is 6.93. The zero-order valence-electron chi connectivity index (χ0n) is 12.2. The molecule has 0 bridgehead atoms. The van der Waals surface area contributed by atoms with Crippen molar-refractivity contribution in [2.75, 3.05) is 0 Å². The smallest absolute Gasteiger partial charge is 0.220 e. The Morgan fingerprint density at radius 2 is 1.74 bits per heavy atom. The van der Waals surface area contributed by atoms with Crippen molar-refractivity contribution in [1.29, 1.82) is 0 Å². The number of nitrogens with one attached hydrogen (secondary N) is 1. The molecule has 0 saturated heterocycles. The predicted molar refractivity (Wildman–Crippen MR) is 76.5 cm³/mol. The molecule has 2 nitrogen and oxygen atoms in total. The Bertz CT molecular complexity index is 398. The van der Waals surface area contributed by atoms with E-state index < -0.39 is 0 Å². The minimum Gasteiger partial charge on any atom is -0.354 e. The number of carbonyl (C=O) groups is 1. The highest BCUT2D eigenvalue weighted by molar-refractivity contribution is 5.77. The Kier molecular flexibility index (Phi) is 6.00. The van der Waals surface area contributed by atoms with Crippen molar-refractivity contribution in [3.63, 3.8) is 0 Å². The number of rotatable bonds is 6. The molecule has 0 aliphatic heterocycles. The van der Waals surface area contributed by atoms with Crippen LogP contribution in [0.5, 0.6) is 0 Å². The molecule has 0 heterocycles. The minimum atomic E-state index is -0.237. The summed E-state index contributed by atoms with van der Waals surface area (Å²) in [7, 11) is 0. The highest BCUT2D eigenvalue weighted by Crippen LogP contribution is 2.27. The Morgan fingerprint density at radius 1 is 1.16 bits per heavy atom. The standard InChI is InChI=1S/C16H24FNO/c1-11(2)9-14(10-16(19)18-12(3)4)13-5-7-15(17)8-6-13/h5-8,11-12,14H,9-10H2,1-4H3,(H,18,19). The second-order valence-corrected chi connectivity index (χ2v) is 5.80. The first-order chi connectivity index (χ1) is 8.88. The summed E-state index contributed by atoms with van der Waals surface area (Å²) >= 11 is 0. The summed E-state index contributed by atoms with van der Waals surface area (Å²) in [5, 5.41) is 2.91. The molecule has 1 rings (SSSR count). The second-order valence-electron chi connectivity index (χ2n) is 5.80. The maximum atomic E-state index is 13.0. The van der Waals surface area contributed by atoms with Crippen LogP contribution in [0.25, 0.3) is 0 Å². The molecule has 1 aromatic rings. The Morgan fingerprint density at radius 3 is 2.21 bits per heavy atom. The molecule has 3 heteroatoms. The van der Waals surface area contributed by atoms with Gasteiger partial charge in [0.25, 0.3) is 0 Å². The van der Waals surface area contributed by atoms with E-state index in [9.17, 15) is 9.18 Å². The molecule has 0 saturated carbocycles. The lowest BCUT2D eigenvalue weighted by molar-refractivity contribution is -0.122. The van der Waals surface area contributed by atoms with Crippen molar-refractivity contribution in [3.05, 3.63) is 35.6 Å². The van der Waals surface area contributed by atoms with Crippen LogP contribution < -0.4 is 5.32 Å². The summed E-state index contributed by atoms with van der Waals surface area (Å²) in [5.41, 5.74) is 1.04. The van der Waals surface area contributed by atoms with Gasteiger partial charge in [-0.05, 0) is 49.8 Å². The van der Waals surface area contributed by atoms with Crippen LogP contribution in [-0.2, 0) is 4.79 Å². The number of carbonyl (C=O) groups excluding carboxylic acids is 1. The van der Waals surface area contributed by atoms with Gasteiger partial charge >= 0.3 is 0 Å². The zero-order valence-corrected chi connectivity index (χ0v) is 12.2. The van der Waals surface area contributed by atoms with E-state index in [4.69, 9.17) is 0 Å².